The van der Waals surface area contributed by atoms with Gasteiger partial charge in [0.2, 0.25) is 0 Å². The summed E-state index contributed by atoms with van der Waals surface area (Å²) in [6.07, 6.45) is 4.05. The zero-order chi connectivity index (χ0) is 13.6. The van der Waals surface area contributed by atoms with E-state index in [1.54, 1.807) is 16.2 Å². The van der Waals surface area contributed by atoms with Crippen molar-refractivity contribution in [3.05, 3.63) is 21.4 Å². The Bertz CT molecular complexity index is 502. The molecule has 1 aromatic heterocycles. The van der Waals surface area contributed by atoms with E-state index in [4.69, 9.17) is 0 Å². The van der Waals surface area contributed by atoms with E-state index < -0.39 is 5.60 Å². The Kier molecular flexibility index (Phi) is 3.18. The van der Waals surface area contributed by atoms with E-state index in [0.29, 0.717) is 13.1 Å². The number of hydrogen-bond donors (Lipinski definition) is 1. The van der Waals surface area contributed by atoms with Crippen molar-refractivity contribution in [3.8, 4) is 0 Å². The van der Waals surface area contributed by atoms with Crippen molar-refractivity contribution in [2.75, 3.05) is 13.1 Å². The molecular formula is C15H21NO2S. The van der Waals surface area contributed by atoms with Crippen LogP contribution in [0, 0.1) is 5.92 Å². The molecule has 2 heterocycles. The number of rotatable bonds is 2. The maximum Gasteiger partial charge on any atom is 0.255 e. The summed E-state index contributed by atoms with van der Waals surface area (Å²) in [4.78, 5) is 15.6. The molecule has 1 aliphatic heterocycles. The van der Waals surface area contributed by atoms with E-state index in [0.717, 1.165) is 30.7 Å². The quantitative estimate of drug-likeness (QED) is 0.903. The fraction of sp³-hybridized carbons (Fsp3) is 0.667. The molecule has 1 unspecified atom stereocenters. The molecule has 2 aliphatic rings. The number of aliphatic hydroxyl groups is 1. The van der Waals surface area contributed by atoms with Crippen LogP contribution in [0.2, 0.25) is 0 Å². The number of β-amino-alcohol motifs (C(OH)–C–C–N with tert-alkyl or cyclic N) is 1. The van der Waals surface area contributed by atoms with Gasteiger partial charge in [-0.3, -0.25) is 4.79 Å². The monoisotopic (exact) mass is 279 g/mol. The fourth-order valence-electron chi connectivity index (χ4n) is 3.06. The molecule has 19 heavy (non-hydrogen) atoms. The lowest BCUT2D eigenvalue weighted by atomic mass is 9.87. The second-order valence-electron chi connectivity index (χ2n) is 6.14. The molecule has 1 atom stereocenters. The lowest BCUT2D eigenvalue weighted by Crippen LogP contribution is -2.63. The summed E-state index contributed by atoms with van der Waals surface area (Å²) >= 11 is 1.73. The average Bonchev–Trinajstić information content (AvgIpc) is 2.77. The molecule has 1 saturated heterocycles. The van der Waals surface area contributed by atoms with Crippen molar-refractivity contribution >= 4 is 17.2 Å². The first-order chi connectivity index (χ1) is 9.02. The van der Waals surface area contributed by atoms with E-state index in [1.807, 2.05) is 12.3 Å². The van der Waals surface area contributed by atoms with Crippen LogP contribution in [0.5, 0.6) is 0 Å². The normalized spacial score (nSPS) is 24.8. The molecule has 3 nitrogen and oxygen atoms in total. The fourth-order valence-corrected chi connectivity index (χ4v) is 4.30. The first-order valence-electron chi connectivity index (χ1n) is 7.13. The van der Waals surface area contributed by atoms with Gasteiger partial charge in [0.1, 0.15) is 0 Å². The summed E-state index contributed by atoms with van der Waals surface area (Å²) in [6, 6.07) is 0. The van der Waals surface area contributed by atoms with E-state index >= 15 is 0 Å². The van der Waals surface area contributed by atoms with Gasteiger partial charge in [-0.1, -0.05) is 13.8 Å². The molecule has 0 radical (unpaired) electrons. The maximum absolute atomic E-state index is 12.5. The van der Waals surface area contributed by atoms with Crippen LogP contribution in [0.4, 0.5) is 0 Å². The van der Waals surface area contributed by atoms with Crippen LogP contribution < -0.4 is 0 Å². The van der Waals surface area contributed by atoms with Gasteiger partial charge in [0.15, 0.2) is 0 Å². The summed E-state index contributed by atoms with van der Waals surface area (Å²) in [6.45, 7) is 5.23. The van der Waals surface area contributed by atoms with Crippen LogP contribution in [0.1, 0.15) is 47.5 Å². The molecule has 0 saturated carbocycles. The number of hydrogen-bond acceptors (Lipinski definition) is 3. The van der Waals surface area contributed by atoms with Crippen LogP contribution in [0.15, 0.2) is 5.38 Å². The van der Waals surface area contributed by atoms with Crippen molar-refractivity contribution in [2.24, 2.45) is 5.92 Å². The predicted octanol–water partition coefficient (Wildman–Crippen LogP) is 2.47. The number of amides is 1. The Labute approximate surface area is 118 Å². The highest BCUT2D eigenvalue weighted by Crippen LogP contribution is 2.35. The SMILES string of the molecule is CCC1(O)CN(C(=O)c2csc3c2CCC(C)C3)C1. The molecule has 0 aromatic carbocycles. The predicted molar refractivity (Wildman–Crippen MR) is 76.7 cm³/mol. The lowest BCUT2D eigenvalue weighted by Gasteiger charge is -2.46. The number of likely N-dealkylation sites (tertiary alicyclic amines) is 1. The highest BCUT2D eigenvalue weighted by molar-refractivity contribution is 7.10. The minimum atomic E-state index is -0.639. The first kappa shape index (κ1) is 13.1. The van der Waals surface area contributed by atoms with Crippen LogP contribution in [-0.2, 0) is 12.8 Å². The Morgan fingerprint density at radius 2 is 2.32 bits per heavy atom. The highest BCUT2D eigenvalue weighted by Gasteiger charge is 2.43. The van der Waals surface area contributed by atoms with Gasteiger partial charge in [-0.15, -0.1) is 11.3 Å². The molecule has 1 amide bonds. The molecule has 0 spiro atoms. The standard InChI is InChI=1S/C15H21NO2S/c1-3-15(18)8-16(9-15)14(17)12-7-19-13-6-10(2)4-5-11(12)13/h7,10,18H,3-6,8-9H2,1-2H3. The molecule has 3 rings (SSSR count). The van der Waals surface area contributed by atoms with Crippen LogP contribution >= 0.6 is 11.3 Å². The third kappa shape index (κ3) is 2.21. The van der Waals surface area contributed by atoms with Gasteiger partial charge in [0.25, 0.3) is 5.91 Å². The van der Waals surface area contributed by atoms with Crippen molar-refractivity contribution in [2.45, 2.75) is 45.1 Å². The molecule has 0 bridgehead atoms. The van der Waals surface area contributed by atoms with Gasteiger partial charge in [0.05, 0.1) is 24.3 Å². The first-order valence-corrected chi connectivity index (χ1v) is 8.01. The largest absolute Gasteiger partial charge is 0.386 e. The highest BCUT2D eigenvalue weighted by atomic mass is 32.1. The number of thiophene rings is 1. The smallest absolute Gasteiger partial charge is 0.255 e. The van der Waals surface area contributed by atoms with Gasteiger partial charge in [-0.25, -0.2) is 0 Å². The van der Waals surface area contributed by atoms with Crippen molar-refractivity contribution in [1.29, 1.82) is 0 Å². The summed E-state index contributed by atoms with van der Waals surface area (Å²) in [5, 5.41) is 12.0. The summed E-state index contributed by atoms with van der Waals surface area (Å²) in [5.41, 5.74) is 1.53. The minimum absolute atomic E-state index is 0.116. The topological polar surface area (TPSA) is 40.5 Å². The molecule has 1 aliphatic carbocycles. The molecule has 4 heteroatoms. The van der Waals surface area contributed by atoms with Crippen molar-refractivity contribution in [3.63, 3.8) is 0 Å². The van der Waals surface area contributed by atoms with Crippen LogP contribution in [-0.4, -0.2) is 34.6 Å². The van der Waals surface area contributed by atoms with Crippen LogP contribution in [0.25, 0.3) is 0 Å². The van der Waals surface area contributed by atoms with E-state index in [9.17, 15) is 9.90 Å². The lowest BCUT2D eigenvalue weighted by molar-refractivity contribution is -0.0826. The minimum Gasteiger partial charge on any atom is -0.386 e. The Balaban J connectivity index is 1.76. The molecule has 1 aromatic rings. The van der Waals surface area contributed by atoms with Gasteiger partial charge < -0.3 is 10.0 Å². The molecule has 1 N–H and O–H groups in total. The average molecular weight is 279 g/mol. The van der Waals surface area contributed by atoms with E-state index in [-0.39, 0.29) is 5.91 Å². The summed E-state index contributed by atoms with van der Waals surface area (Å²) in [5.74, 6) is 0.855. The van der Waals surface area contributed by atoms with Gasteiger partial charge in [-0.2, -0.15) is 0 Å². The van der Waals surface area contributed by atoms with Gasteiger partial charge in [-0.05, 0) is 37.2 Å². The maximum atomic E-state index is 12.5. The number of nitrogens with zero attached hydrogens (tertiary/aromatic N) is 1. The third-order valence-corrected chi connectivity index (χ3v) is 5.60. The second kappa shape index (κ2) is 4.60. The van der Waals surface area contributed by atoms with Crippen LogP contribution in [0.3, 0.4) is 0 Å². The number of carbonyl (C=O) groups excluding carboxylic acids is 1. The van der Waals surface area contributed by atoms with E-state index in [1.165, 1.54) is 16.9 Å². The van der Waals surface area contributed by atoms with Gasteiger partial charge in [0, 0.05) is 10.3 Å². The molecular weight excluding hydrogens is 258 g/mol. The zero-order valence-electron chi connectivity index (χ0n) is 11.6. The Hall–Kier alpha value is -0.870. The Morgan fingerprint density at radius 3 is 3.00 bits per heavy atom. The molecule has 1 fully saturated rings. The second-order valence-corrected chi connectivity index (χ2v) is 7.10. The van der Waals surface area contributed by atoms with Crippen molar-refractivity contribution in [1.82, 2.24) is 4.90 Å². The summed E-state index contributed by atoms with van der Waals surface area (Å²) in [7, 11) is 0. The zero-order valence-corrected chi connectivity index (χ0v) is 12.4. The number of carbonyl (C=O) groups is 1. The summed E-state index contributed by atoms with van der Waals surface area (Å²) < 4.78 is 0. The third-order valence-electron chi connectivity index (χ3n) is 4.55. The molecule has 104 valence electrons. The Morgan fingerprint density at radius 1 is 1.58 bits per heavy atom. The van der Waals surface area contributed by atoms with E-state index in [2.05, 4.69) is 6.92 Å². The van der Waals surface area contributed by atoms with Crippen molar-refractivity contribution < 1.29 is 9.90 Å². The van der Waals surface area contributed by atoms with Gasteiger partial charge >= 0.3 is 0 Å². The number of fused-ring (bicyclic) bond motifs is 1.